The molecule has 1 heterocycles. The van der Waals surface area contributed by atoms with Gasteiger partial charge in [-0.1, -0.05) is 30.3 Å². The van der Waals surface area contributed by atoms with E-state index in [0.717, 1.165) is 0 Å². The van der Waals surface area contributed by atoms with Gasteiger partial charge in [-0.2, -0.15) is 0 Å². The highest BCUT2D eigenvalue weighted by Gasteiger charge is 2.19. The number of carbonyl (C=O) groups excluding carboxylic acids is 2. The standard InChI is InChI=1S/C19H20N2O5/c1-21(17-10-6-7-11-20-17)19(23)26-12-14-8-4-5-9-15(14)16(13-24-2)18(22)25-3/h4-11,13H,12H2,1-3H3/b16-13+. The Bertz CT molecular complexity index is 790. The lowest BCUT2D eigenvalue weighted by molar-refractivity contribution is -0.133. The molecule has 0 saturated carbocycles. The number of esters is 1. The largest absolute Gasteiger partial charge is 0.503 e. The van der Waals surface area contributed by atoms with Gasteiger partial charge in [0.25, 0.3) is 0 Å². The molecule has 136 valence electrons. The molecule has 0 saturated heterocycles. The van der Waals surface area contributed by atoms with E-state index in [-0.39, 0.29) is 12.2 Å². The SMILES string of the molecule is CO/C=C(/C(=O)OC)c1ccccc1COC(=O)N(C)c1ccccn1. The lowest BCUT2D eigenvalue weighted by Gasteiger charge is -2.17. The minimum absolute atomic E-state index is 0.0236. The zero-order valence-electron chi connectivity index (χ0n) is 14.8. The summed E-state index contributed by atoms with van der Waals surface area (Å²) in [7, 11) is 4.30. The van der Waals surface area contributed by atoms with Crippen LogP contribution in [0, 0.1) is 0 Å². The molecule has 7 nitrogen and oxygen atoms in total. The van der Waals surface area contributed by atoms with E-state index in [2.05, 4.69) is 4.98 Å². The summed E-state index contributed by atoms with van der Waals surface area (Å²) in [5, 5.41) is 0. The van der Waals surface area contributed by atoms with Crippen LogP contribution in [0.25, 0.3) is 5.57 Å². The van der Waals surface area contributed by atoms with Crippen molar-refractivity contribution in [3.63, 3.8) is 0 Å². The summed E-state index contributed by atoms with van der Waals surface area (Å²) in [6.07, 6.45) is 2.33. The van der Waals surface area contributed by atoms with Gasteiger partial charge < -0.3 is 14.2 Å². The van der Waals surface area contributed by atoms with Crippen LogP contribution in [0.5, 0.6) is 0 Å². The summed E-state index contributed by atoms with van der Waals surface area (Å²) < 4.78 is 15.1. The molecule has 2 aromatic rings. The molecule has 0 aliphatic rings. The van der Waals surface area contributed by atoms with Crippen molar-refractivity contribution in [2.45, 2.75) is 6.61 Å². The smallest absolute Gasteiger partial charge is 0.415 e. The van der Waals surface area contributed by atoms with Crippen LogP contribution in [-0.2, 0) is 25.6 Å². The van der Waals surface area contributed by atoms with Crippen LogP contribution in [0.15, 0.2) is 54.9 Å². The van der Waals surface area contributed by atoms with Gasteiger partial charge in [-0.15, -0.1) is 0 Å². The average Bonchev–Trinajstić information content (AvgIpc) is 2.70. The van der Waals surface area contributed by atoms with Crippen molar-refractivity contribution in [1.29, 1.82) is 0 Å². The molecule has 0 radical (unpaired) electrons. The van der Waals surface area contributed by atoms with Crippen molar-refractivity contribution < 1.29 is 23.8 Å². The first-order valence-electron chi connectivity index (χ1n) is 7.79. The van der Waals surface area contributed by atoms with E-state index in [4.69, 9.17) is 14.2 Å². The van der Waals surface area contributed by atoms with Gasteiger partial charge in [0.2, 0.25) is 0 Å². The van der Waals surface area contributed by atoms with Crippen LogP contribution in [-0.4, -0.2) is 38.3 Å². The quantitative estimate of drug-likeness (QED) is 0.450. The topological polar surface area (TPSA) is 78.0 Å². The number of carbonyl (C=O) groups is 2. The third-order valence-corrected chi connectivity index (χ3v) is 3.57. The van der Waals surface area contributed by atoms with Gasteiger partial charge in [0.05, 0.1) is 20.5 Å². The minimum atomic E-state index is -0.561. The fourth-order valence-corrected chi connectivity index (χ4v) is 2.24. The van der Waals surface area contributed by atoms with Gasteiger partial charge in [0.1, 0.15) is 18.0 Å². The average molecular weight is 356 g/mol. The minimum Gasteiger partial charge on any atom is -0.503 e. The Balaban J connectivity index is 2.16. The molecule has 0 spiro atoms. The first-order valence-corrected chi connectivity index (χ1v) is 7.79. The van der Waals surface area contributed by atoms with Gasteiger partial charge in [0, 0.05) is 13.2 Å². The van der Waals surface area contributed by atoms with Gasteiger partial charge in [-0.25, -0.2) is 14.6 Å². The molecule has 0 atom stereocenters. The Morgan fingerprint density at radius 2 is 1.85 bits per heavy atom. The molecule has 0 unspecified atom stereocenters. The first-order chi connectivity index (χ1) is 12.6. The van der Waals surface area contributed by atoms with Crippen molar-refractivity contribution in [3.8, 4) is 0 Å². The number of nitrogens with zero attached hydrogens (tertiary/aromatic N) is 2. The second kappa shape index (κ2) is 9.22. The first kappa shape index (κ1) is 19.0. The summed E-state index contributed by atoms with van der Waals surface area (Å²) in [5.74, 6) is -0.0726. The number of rotatable bonds is 6. The van der Waals surface area contributed by atoms with E-state index >= 15 is 0 Å². The van der Waals surface area contributed by atoms with Crippen molar-refractivity contribution in [2.75, 3.05) is 26.2 Å². The molecule has 7 heteroatoms. The molecule has 1 aromatic heterocycles. The van der Waals surface area contributed by atoms with E-state index in [0.29, 0.717) is 16.9 Å². The van der Waals surface area contributed by atoms with Crippen LogP contribution in [0.4, 0.5) is 10.6 Å². The summed E-state index contributed by atoms with van der Waals surface area (Å²) in [5.41, 5.74) is 1.44. The Morgan fingerprint density at radius 3 is 2.50 bits per heavy atom. The molecule has 0 aliphatic heterocycles. The van der Waals surface area contributed by atoms with E-state index in [1.54, 1.807) is 55.7 Å². The number of hydrogen-bond donors (Lipinski definition) is 0. The molecule has 0 aliphatic carbocycles. The summed E-state index contributed by atoms with van der Waals surface area (Å²) in [4.78, 5) is 29.6. The highest BCUT2D eigenvalue weighted by molar-refractivity contribution is 6.16. The fraction of sp³-hybridized carbons (Fsp3) is 0.211. The Morgan fingerprint density at radius 1 is 1.12 bits per heavy atom. The molecule has 0 fully saturated rings. The number of ether oxygens (including phenoxy) is 3. The monoisotopic (exact) mass is 356 g/mol. The molecule has 1 aromatic carbocycles. The predicted octanol–water partition coefficient (Wildman–Crippen LogP) is 3.01. The zero-order valence-corrected chi connectivity index (χ0v) is 14.8. The second-order valence-electron chi connectivity index (χ2n) is 5.22. The van der Waals surface area contributed by atoms with E-state index in [1.165, 1.54) is 25.4 Å². The van der Waals surface area contributed by atoms with E-state index in [1.807, 2.05) is 0 Å². The van der Waals surface area contributed by atoms with Crippen molar-refractivity contribution in [2.24, 2.45) is 0 Å². The number of benzene rings is 1. The van der Waals surface area contributed by atoms with Gasteiger partial charge in [0.15, 0.2) is 0 Å². The maximum Gasteiger partial charge on any atom is 0.415 e. The molecule has 0 bridgehead atoms. The van der Waals surface area contributed by atoms with Gasteiger partial charge in [-0.05, 0) is 23.3 Å². The lowest BCUT2D eigenvalue weighted by atomic mass is 10.0. The normalized spacial score (nSPS) is 10.8. The summed E-state index contributed by atoms with van der Waals surface area (Å²) in [6.45, 7) is -0.0236. The van der Waals surface area contributed by atoms with Crippen LogP contribution in [0.3, 0.4) is 0 Å². The van der Waals surface area contributed by atoms with Gasteiger partial charge >= 0.3 is 12.1 Å². The molecule has 1 amide bonds. The fourth-order valence-electron chi connectivity index (χ4n) is 2.24. The zero-order chi connectivity index (χ0) is 18.9. The maximum atomic E-state index is 12.2. The number of aromatic nitrogens is 1. The molecule has 26 heavy (non-hydrogen) atoms. The lowest BCUT2D eigenvalue weighted by Crippen LogP contribution is -2.27. The maximum absolute atomic E-state index is 12.2. The highest BCUT2D eigenvalue weighted by Crippen LogP contribution is 2.22. The molecule has 0 N–H and O–H groups in total. The van der Waals surface area contributed by atoms with Crippen molar-refractivity contribution in [3.05, 3.63) is 66.1 Å². The molecule has 2 rings (SSSR count). The van der Waals surface area contributed by atoms with Gasteiger partial charge in [-0.3, -0.25) is 4.90 Å². The second-order valence-corrected chi connectivity index (χ2v) is 5.22. The van der Waals surface area contributed by atoms with Crippen molar-refractivity contribution >= 4 is 23.5 Å². The number of pyridine rings is 1. The van der Waals surface area contributed by atoms with Crippen LogP contribution >= 0.6 is 0 Å². The van der Waals surface area contributed by atoms with Crippen LogP contribution < -0.4 is 4.90 Å². The number of methoxy groups -OCH3 is 2. The number of anilines is 1. The highest BCUT2D eigenvalue weighted by atomic mass is 16.6. The van der Waals surface area contributed by atoms with E-state index in [9.17, 15) is 9.59 Å². The summed E-state index contributed by atoms with van der Waals surface area (Å²) >= 11 is 0. The van der Waals surface area contributed by atoms with Crippen LogP contribution in [0.1, 0.15) is 11.1 Å². The number of hydrogen-bond acceptors (Lipinski definition) is 6. The Labute approximate surface area is 151 Å². The third kappa shape index (κ3) is 4.60. The van der Waals surface area contributed by atoms with Crippen molar-refractivity contribution in [1.82, 2.24) is 4.98 Å². The molecular formula is C19H20N2O5. The summed E-state index contributed by atoms with van der Waals surface area (Å²) in [6, 6.07) is 12.3. The Hall–Kier alpha value is -3.35. The molecular weight excluding hydrogens is 336 g/mol. The third-order valence-electron chi connectivity index (χ3n) is 3.57. The predicted molar refractivity (Wildman–Crippen MR) is 96.3 cm³/mol. The van der Waals surface area contributed by atoms with Crippen LogP contribution in [0.2, 0.25) is 0 Å². The van der Waals surface area contributed by atoms with E-state index < -0.39 is 12.1 Å². The Kier molecular flexibility index (Phi) is 6.73. The number of amides is 1.